The number of nitrogens with zero attached hydrogens (tertiary/aromatic N) is 4. The van der Waals surface area contributed by atoms with Crippen molar-refractivity contribution in [2.24, 2.45) is 5.92 Å². The van der Waals surface area contributed by atoms with Crippen molar-refractivity contribution in [2.75, 3.05) is 39.3 Å². The molecule has 2 saturated heterocycles. The monoisotopic (exact) mass is 388 g/mol. The lowest BCUT2D eigenvalue weighted by molar-refractivity contribution is -0.139. The summed E-state index contributed by atoms with van der Waals surface area (Å²) in [5.41, 5.74) is 0.718. The Balaban J connectivity index is 1.42. The van der Waals surface area contributed by atoms with Gasteiger partial charge in [-0.1, -0.05) is 6.07 Å². The van der Waals surface area contributed by atoms with Crippen molar-refractivity contribution < 1.29 is 14.3 Å². The first-order valence-electron chi connectivity index (χ1n) is 10.2. The Bertz CT molecular complexity index is 658. The van der Waals surface area contributed by atoms with Crippen molar-refractivity contribution in [2.45, 2.75) is 45.8 Å². The van der Waals surface area contributed by atoms with Crippen LogP contribution >= 0.6 is 0 Å². The molecule has 2 aliphatic heterocycles. The molecule has 0 aliphatic carbocycles. The lowest BCUT2D eigenvalue weighted by Crippen LogP contribution is -2.51. The van der Waals surface area contributed by atoms with E-state index in [1.54, 1.807) is 11.1 Å². The van der Waals surface area contributed by atoms with Gasteiger partial charge in [-0.25, -0.2) is 4.79 Å². The predicted molar refractivity (Wildman–Crippen MR) is 107 cm³/mol. The normalized spacial score (nSPS) is 19.5. The Morgan fingerprint density at radius 3 is 2.32 bits per heavy atom. The molecule has 3 heterocycles. The third-order valence-electron chi connectivity index (χ3n) is 5.31. The highest BCUT2D eigenvalue weighted by atomic mass is 16.6. The van der Waals surface area contributed by atoms with Gasteiger partial charge in [0.1, 0.15) is 5.60 Å². The van der Waals surface area contributed by atoms with E-state index in [4.69, 9.17) is 4.74 Å². The fraction of sp³-hybridized carbons (Fsp3) is 0.667. The molecule has 0 aromatic carbocycles. The van der Waals surface area contributed by atoms with E-state index in [0.29, 0.717) is 25.9 Å². The first kappa shape index (κ1) is 20.6. The van der Waals surface area contributed by atoms with Gasteiger partial charge < -0.3 is 14.5 Å². The molecule has 0 unspecified atom stereocenters. The summed E-state index contributed by atoms with van der Waals surface area (Å²) in [4.78, 5) is 35.3. The minimum Gasteiger partial charge on any atom is -0.444 e. The van der Waals surface area contributed by atoms with Crippen LogP contribution in [0.15, 0.2) is 24.5 Å². The molecule has 0 atom stereocenters. The molecule has 28 heavy (non-hydrogen) atoms. The van der Waals surface area contributed by atoms with Crippen molar-refractivity contribution in [1.29, 1.82) is 0 Å². The van der Waals surface area contributed by atoms with E-state index in [9.17, 15) is 9.59 Å². The predicted octanol–water partition coefficient (Wildman–Crippen LogP) is 2.37. The fourth-order valence-corrected chi connectivity index (χ4v) is 3.77. The highest BCUT2D eigenvalue weighted by molar-refractivity contribution is 5.79. The Hall–Kier alpha value is -2.15. The molecule has 0 radical (unpaired) electrons. The SMILES string of the molecule is CC(C)(C)OC(=O)N1CCC(C(=O)N2CCN(Cc3cccnc3)CC2)CC1. The van der Waals surface area contributed by atoms with Crippen molar-refractivity contribution in [3.8, 4) is 0 Å². The highest BCUT2D eigenvalue weighted by Gasteiger charge is 2.33. The average molecular weight is 389 g/mol. The number of hydrogen-bond acceptors (Lipinski definition) is 5. The van der Waals surface area contributed by atoms with E-state index < -0.39 is 5.60 Å². The second-order valence-electron chi connectivity index (χ2n) is 8.70. The van der Waals surface area contributed by atoms with Crippen LogP contribution in [0.2, 0.25) is 0 Å². The van der Waals surface area contributed by atoms with Crippen molar-refractivity contribution in [1.82, 2.24) is 19.7 Å². The Morgan fingerprint density at radius 1 is 1.07 bits per heavy atom. The number of piperazine rings is 1. The number of carbonyl (C=O) groups excluding carboxylic acids is 2. The molecule has 1 aromatic heterocycles. The summed E-state index contributed by atoms with van der Waals surface area (Å²) < 4.78 is 5.43. The summed E-state index contributed by atoms with van der Waals surface area (Å²) in [6.45, 7) is 11.0. The number of piperidine rings is 1. The summed E-state index contributed by atoms with van der Waals surface area (Å²) >= 11 is 0. The van der Waals surface area contributed by atoms with Crippen LogP contribution in [0.4, 0.5) is 4.79 Å². The van der Waals surface area contributed by atoms with Gasteiger partial charge in [-0.2, -0.15) is 0 Å². The minimum absolute atomic E-state index is 0.0172. The highest BCUT2D eigenvalue weighted by Crippen LogP contribution is 2.22. The summed E-state index contributed by atoms with van der Waals surface area (Å²) in [6, 6.07) is 4.04. The molecule has 0 saturated carbocycles. The van der Waals surface area contributed by atoms with Crippen molar-refractivity contribution in [3.05, 3.63) is 30.1 Å². The molecule has 0 bridgehead atoms. The van der Waals surface area contributed by atoms with Gasteiger partial charge in [0, 0.05) is 64.1 Å². The van der Waals surface area contributed by atoms with Gasteiger partial charge in [-0.05, 0) is 45.2 Å². The molecule has 3 rings (SSSR count). The molecular weight excluding hydrogens is 356 g/mol. The Morgan fingerprint density at radius 2 is 1.75 bits per heavy atom. The van der Waals surface area contributed by atoms with Crippen LogP contribution in [-0.2, 0) is 16.1 Å². The smallest absolute Gasteiger partial charge is 0.410 e. The molecule has 0 N–H and O–H groups in total. The Kier molecular flexibility index (Phi) is 6.54. The van der Waals surface area contributed by atoms with Gasteiger partial charge in [-0.15, -0.1) is 0 Å². The third kappa shape index (κ3) is 5.67. The van der Waals surface area contributed by atoms with Gasteiger partial charge in [-0.3, -0.25) is 14.7 Å². The van der Waals surface area contributed by atoms with E-state index in [1.165, 1.54) is 5.56 Å². The first-order chi connectivity index (χ1) is 13.3. The van der Waals surface area contributed by atoms with E-state index in [1.807, 2.05) is 37.9 Å². The maximum absolute atomic E-state index is 12.9. The van der Waals surface area contributed by atoms with Crippen LogP contribution in [0.3, 0.4) is 0 Å². The zero-order valence-electron chi connectivity index (χ0n) is 17.3. The molecule has 0 spiro atoms. The molecule has 7 nitrogen and oxygen atoms in total. The topological polar surface area (TPSA) is 66.0 Å². The molecular formula is C21H32N4O3. The van der Waals surface area contributed by atoms with Gasteiger partial charge >= 0.3 is 6.09 Å². The largest absolute Gasteiger partial charge is 0.444 e. The maximum atomic E-state index is 12.9. The summed E-state index contributed by atoms with van der Waals surface area (Å²) in [6.07, 6.45) is 4.84. The molecule has 2 amide bonds. The van der Waals surface area contributed by atoms with E-state index in [0.717, 1.165) is 32.7 Å². The van der Waals surface area contributed by atoms with Crippen LogP contribution < -0.4 is 0 Å². The minimum atomic E-state index is -0.487. The van der Waals surface area contributed by atoms with Gasteiger partial charge in [0.2, 0.25) is 5.91 Å². The van der Waals surface area contributed by atoms with Crippen LogP contribution in [-0.4, -0.2) is 76.6 Å². The molecule has 1 aromatic rings. The summed E-state index contributed by atoms with van der Waals surface area (Å²) in [5, 5.41) is 0. The zero-order chi connectivity index (χ0) is 20.1. The van der Waals surface area contributed by atoms with Gasteiger partial charge in [0.25, 0.3) is 0 Å². The number of ether oxygens (including phenoxy) is 1. The van der Waals surface area contributed by atoms with Crippen LogP contribution in [0.25, 0.3) is 0 Å². The quantitative estimate of drug-likeness (QED) is 0.795. The fourth-order valence-electron chi connectivity index (χ4n) is 3.77. The van der Waals surface area contributed by atoms with Crippen LogP contribution in [0, 0.1) is 5.92 Å². The van der Waals surface area contributed by atoms with Gasteiger partial charge in [0.15, 0.2) is 0 Å². The number of rotatable bonds is 3. The number of likely N-dealkylation sites (tertiary alicyclic amines) is 1. The summed E-state index contributed by atoms with van der Waals surface area (Å²) in [7, 11) is 0. The van der Waals surface area contributed by atoms with E-state index >= 15 is 0 Å². The van der Waals surface area contributed by atoms with Crippen molar-refractivity contribution in [3.63, 3.8) is 0 Å². The molecule has 7 heteroatoms. The first-order valence-corrected chi connectivity index (χ1v) is 10.2. The number of amides is 2. The third-order valence-corrected chi connectivity index (χ3v) is 5.31. The zero-order valence-corrected chi connectivity index (χ0v) is 17.3. The van der Waals surface area contributed by atoms with Gasteiger partial charge in [0.05, 0.1) is 0 Å². The number of aromatic nitrogens is 1. The lowest BCUT2D eigenvalue weighted by atomic mass is 9.95. The lowest BCUT2D eigenvalue weighted by Gasteiger charge is -2.38. The van der Waals surface area contributed by atoms with E-state index in [2.05, 4.69) is 16.0 Å². The molecule has 2 aliphatic rings. The van der Waals surface area contributed by atoms with Crippen LogP contribution in [0.1, 0.15) is 39.2 Å². The molecule has 154 valence electrons. The van der Waals surface area contributed by atoms with Crippen molar-refractivity contribution >= 4 is 12.0 Å². The number of pyridine rings is 1. The Labute approximate surface area is 167 Å². The average Bonchev–Trinajstić information content (AvgIpc) is 2.68. The van der Waals surface area contributed by atoms with E-state index in [-0.39, 0.29) is 17.9 Å². The second kappa shape index (κ2) is 8.90. The standard InChI is InChI=1S/C21H32N4O3/c1-21(2,3)28-20(27)25-9-6-18(7-10-25)19(26)24-13-11-23(12-14-24)16-17-5-4-8-22-15-17/h4-5,8,15,18H,6-7,9-14,16H2,1-3H3. The molecule has 2 fully saturated rings. The number of hydrogen-bond donors (Lipinski definition) is 0. The summed E-state index contributed by atoms with van der Waals surface area (Å²) in [5.74, 6) is 0.258. The number of carbonyl (C=O) groups is 2. The second-order valence-corrected chi connectivity index (χ2v) is 8.70. The van der Waals surface area contributed by atoms with Crippen LogP contribution in [0.5, 0.6) is 0 Å². The maximum Gasteiger partial charge on any atom is 0.410 e.